The van der Waals surface area contributed by atoms with Gasteiger partial charge in [-0.1, -0.05) is 63.8 Å². The van der Waals surface area contributed by atoms with Gasteiger partial charge in [0.1, 0.15) is 0 Å². The molecule has 1 fully saturated rings. The van der Waals surface area contributed by atoms with Crippen LogP contribution < -0.4 is 4.90 Å². The van der Waals surface area contributed by atoms with Gasteiger partial charge in [-0.3, -0.25) is 14.5 Å². The number of hydrogen-bond donors (Lipinski definition) is 0. The molecule has 1 atom stereocenters. The standard InChI is InChI=1S/C11H9Cl2NO2.C7H7Br/c1-6-2-10(15)14(11(6)16)9-4-7(12)3-8(13)5-9;1-6-2-4-7(8)5-3-6/h3-6H,2H2,1H3;2-5H,1H3. The molecule has 1 aliphatic rings. The van der Waals surface area contributed by atoms with Crippen molar-refractivity contribution in [2.75, 3.05) is 4.90 Å². The molecule has 0 aromatic heterocycles. The fraction of sp³-hybridized carbons (Fsp3) is 0.222. The van der Waals surface area contributed by atoms with Gasteiger partial charge in [-0.2, -0.15) is 0 Å². The van der Waals surface area contributed by atoms with Crippen LogP contribution in [-0.2, 0) is 9.59 Å². The molecule has 3 nitrogen and oxygen atoms in total. The maximum atomic E-state index is 11.8. The van der Waals surface area contributed by atoms with Crippen LogP contribution in [0, 0.1) is 12.8 Å². The Labute approximate surface area is 159 Å². The van der Waals surface area contributed by atoms with Gasteiger partial charge in [0.15, 0.2) is 0 Å². The van der Waals surface area contributed by atoms with E-state index in [4.69, 9.17) is 23.2 Å². The van der Waals surface area contributed by atoms with E-state index in [0.717, 1.165) is 9.37 Å². The molecular formula is C18H16BrCl2NO2. The van der Waals surface area contributed by atoms with Gasteiger partial charge in [0.25, 0.3) is 0 Å². The maximum Gasteiger partial charge on any atom is 0.237 e. The number of carbonyl (C=O) groups excluding carboxylic acids is 2. The van der Waals surface area contributed by atoms with E-state index in [1.54, 1.807) is 25.1 Å². The minimum absolute atomic E-state index is 0.205. The Bertz CT molecular complexity index is 721. The van der Waals surface area contributed by atoms with Crippen molar-refractivity contribution in [3.63, 3.8) is 0 Å². The van der Waals surface area contributed by atoms with Crippen LogP contribution in [0.3, 0.4) is 0 Å². The molecule has 1 saturated heterocycles. The lowest BCUT2D eigenvalue weighted by molar-refractivity contribution is -0.122. The monoisotopic (exact) mass is 427 g/mol. The third kappa shape index (κ3) is 4.82. The van der Waals surface area contributed by atoms with Crippen molar-refractivity contribution in [3.05, 3.63) is 62.5 Å². The van der Waals surface area contributed by atoms with Gasteiger partial charge in [0.2, 0.25) is 11.8 Å². The van der Waals surface area contributed by atoms with Crippen molar-refractivity contribution >= 4 is 56.6 Å². The lowest BCUT2D eigenvalue weighted by atomic mass is 10.1. The maximum absolute atomic E-state index is 11.8. The zero-order valence-corrected chi connectivity index (χ0v) is 16.3. The Balaban J connectivity index is 0.000000219. The van der Waals surface area contributed by atoms with Crippen molar-refractivity contribution in [1.29, 1.82) is 0 Å². The zero-order valence-electron chi connectivity index (χ0n) is 13.2. The van der Waals surface area contributed by atoms with Crippen molar-refractivity contribution < 1.29 is 9.59 Å². The first-order valence-electron chi connectivity index (χ1n) is 7.33. The molecule has 0 radical (unpaired) electrons. The van der Waals surface area contributed by atoms with E-state index in [-0.39, 0.29) is 24.2 Å². The van der Waals surface area contributed by atoms with Gasteiger partial charge >= 0.3 is 0 Å². The molecule has 1 unspecified atom stereocenters. The van der Waals surface area contributed by atoms with Gasteiger partial charge in [-0.25, -0.2) is 0 Å². The van der Waals surface area contributed by atoms with Crippen molar-refractivity contribution in [2.45, 2.75) is 20.3 Å². The van der Waals surface area contributed by atoms with Crippen LogP contribution in [0.5, 0.6) is 0 Å². The number of amides is 2. The summed E-state index contributed by atoms with van der Waals surface area (Å²) < 4.78 is 1.14. The predicted octanol–water partition coefficient (Wildman–Crippen LogP) is 5.65. The third-order valence-corrected chi connectivity index (χ3v) is 4.45. The van der Waals surface area contributed by atoms with Crippen molar-refractivity contribution in [3.8, 4) is 0 Å². The molecule has 0 saturated carbocycles. The van der Waals surface area contributed by atoms with Gasteiger partial charge in [-0.15, -0.1) is 0 Å². The number of nitrogens with zero attached hydrogens (tertiary/aromatic N) is 1. The van der Waals surface area contributed by atoms with Crippen LogP contribution in [0.25, 0.3) is 0 Å². The molecule has 0 bridgehead atoms. The molecule has 2 amide bonds. The summed E-state index contributed by atoms with van der Waals surface area (Å²) in [6, 6.07) is 12.9. The number of benzene rings is 2. The molecule has 6 heteroatoms. The number of hydrogen-bond acceptors (Lipinski definition) is 2. The van der Waals surface area contributed by atoms with E-state index >= 15 is 0 Å². The van der Waals surface area contributed by atoms with E-state index < -0.39 is 0 Å². The van der Waals surface area contributed by atoms with Crippen LogP contribution in [0.2, 0.25) is 10.0 Å². The van der Waals surface area contributed by atoms with Gasteiger partial charge in [0, 0.05) is 26.9 Å². The normalized spacial score (nSPS) is 16.9. The SMILES string of the molecule is CC1CC(=O)N(c2cc(Cl)cc(Cl)c2)C1=O.Cc1ccc(Br)cc1. The van der Waals surface area contributed by atoms with Crippen LogP contribution >= 0.6 is 39.1 Å². The van der Waals surface area contributed by atoms with Crippen molar-refractivity contribution in [2.24, 2.45) is 5.92 Å². The van der Waals surface area contributed by atoms with Crippen LogP contribution in [0.15, 0.2) is 46.9 Å². The summed E-state index contributed by atoms with van der Waals surface area (Å²) >= 11 is 15.0. The molecule has 1 heterocycles. The fourth-order valence-corrected chi connectivity index (χ4v) is 3.04. The summed E-state index contributed by atoms with van der Waals surface area (Å²) in [5, 5.41) is 0.810. The highest BCUT2D eigenvalue weighted by atomic mass is 79.9. The largest absolute Gasteiger partial charge is 0.274 e. The fourth-order valence-electron chi connectivity index (χ4n) is 2.26. The number of imide groups is 1. The minimum atomic E-state index is -0.273. The second-order valence-corrected chi connectivity index (χ2v) is 7.38. The summed E-state index contributed by atoms with van der Waals surface area (Å²) in [6.07, 6.45) is 0.239. The quantitative estimate of drug-likeness (QED) is 0.550. The van der Waals surface area contributed by atoms with Crippen LogP contribution in [0.1, 0.15) is 18.9 Å². The van der Waals surface area contributed by atoms with Gasteiger partial charge in [-0.05, 0) is 37.3 Å². The summed E-state index contributed by atoms with van der Waals surface area (Å²) in [4.78, 5) is 24.5. The minimum Gasteiger partial charge on any atom is -0.274 e. The Hall–Kier alpha value is -1.36. The van der Waals surface area contributed by atoms with Crippen LogP contribution in [0.4, 0.5) is 5.69 Å². The lowest BCUT2D eigenvalue weighted by Crippen LogP contribution is -2.29. The zero-order chi connectivity index (χ0) is 17.9. The highest BCUT2D eigenvalue weighted by molar-refractivity contribution is 9.10. The summed E-state index contributed by atoms with van der Waals surface area (Å²) in [7, 11) is 0. The molecule has 24 heavy (non-hydrogen) atoms. The Morgan fingerprint density at radius 1 is 1.04 bits per heavy atom. The van der Waals surface area contributed by atoms with E-state index in [1.807, 2.05) is 12.1 Å². The summed E-state index contributed by atoms with van der Waals surface area (Å²) in [5.74, 6) is -0.690. The van der Waals surface area contributed by atoms with E-state index in [0.29, 0.717) is 15.7 Å². The highest BCUT2D eigenvalue weighted by Gasteiger charge is 2.36. The van der Waals surface area contributed by atoms with Crippen molar-refractivity contribution in [1.82, 2.24) is 0 Å². The number of anilines is 1. The number of halogens is 3. The molecule has 0 spiro atoms. The molecule has 0 aliphatic carbocycles. The molecule has 3 rings (SSSR count). The number of rotatable bonds is 1. The summed E-state index contributed by atoms with van der Waals surface area (Å²) in [6.45, 7) is 3.80. The van der Waals surface area contributed by atoms with Crippen LogP contribution in [-0.4, -0.2) is 11.8 Å². The molecular weight excluding hydrogens is 413 g/mol. The highest BCUT2D eigenvalue weighted by Crippen LogP contribution is 2.30. The molecule has 2 aromatic carbocycles. The topological polar surface area (TPSA) is 37.4 Å². The molecule has 126 valence electrons. The van der Waals surface area contributed by atoms with Gasteiger partial charge in [0.05, 0.1) is 5.69 Å². The molecule has 1 aliphatic heterocycles. The third-order valence-electron chi connectivity index (χ3n) is 3.49. The smallest absolute Gasteiger partial charge is 0.237 e. The Morgan fingerprint density at radius 2 is 1.58 bits per heavy atom. The Morgan fingerprint density at radius 3 is 2.00 bits per heavy atom. The number of aryl methyl sites for hydroxylation is 1. The second-order valence-electron chi connectivity index (χ2n) is 5.60. The van der Waals surface area contributed by atoms with E-state index in [1.165, 1.54) is 5.56 Å². The van der Waals surface area contributed by atoms with E-state index in [2.05, 4.69) is 35.0 Å². The first kappa shape index (κ1) is 19.0. The number of carbonyl (C=O) groups is 2. The average Bonchev–Trinajstić information content (AvgIpc) is 2.75. The van der Waals surface area contributed by atoms with E-state index in [9.17, 15) is 9.59 Å². The van der Waals surface area contributed by atoms with Gasteiger partial charge < -0.3 is 0 Å². The first-order chi connectivity index (χ1) is 11.3. The lowest BCUT2D eigenvalue weighted by Gasteiger charge is -2.14. The average molecular weight is 429 g/mol. The first-order valence-corrected chi connectivity index (χ1v) is 8.88. The molecule has 2 aromatic rings. The summed E-state index contributed by atoms with van der Waals surface area (Å²) in [5.41, 5.74) is 1.74. The Kier molecular flexibility index (Phi) is 6.44. The molecule has 0 N–H and O–H groups in total. The predicted molar refractivity (Wildman–Crippen MR) is 102 cm³/mol. The second kappa shape index (κ2) is 8.15.